The summed E-state index contributed by atoms with van der Waals surface area (Å²) in [6.07, 6.45) is 4.18. The van der Waals surface area contributed by atoms with Crippen LogP contribution in [0.3, 0.4) is 0 Å². The van der Waals surface area contributed by atoms with E-state index in [0.29, 0.717) is 18.5 Å². The van der Waals surface area contributed by atoms with Crippen molar-refractivity contribution in [2.75, 3.05) is 6.54 Å². The van der Waals surface area contributed by atoms with Crippen molar-refractivity contribution in [1.29, 1.82) is 0 Å². The summed E-state index contributed by atoms with van der Waals surface area (Å²) in [7, 11) is -3.60. The molecule has 0 spiro atoms. The number of rotatable bonds is 8. The zero-order chi connectivity index (χ0) is 21.1. The van der Waals surface area contributed by atoms with Crippen LogP contribution in [0.1, 0.15) is 34.5 Å². The van der Waals surface area contributed by atoms with E-state index in [2.05, 4.69) is 15.1 Å². The van der Waals surface area contributed by atoms with Crippen LogP contribution < -0.4 is 10.0 Å². The van der Waals surface area contributed by atoms with Gasteiger partial charge in [0.15, 0.2) is 0 Å². The molecule has 1 aliphatic carbocycles. The molecule has 1 aromatic heterocycles. The fraction of sp³-hybridized carbons (Fsp3) is 0.273. The van der Waals surface area contributed by atoms with Crippen LogP contribution >= 0.6 is 0 Å². The average Bonchev–Trinajstić information content (AvgIpc) is 3.41. The Bertz CT molecular complexity index is 1150. The van der Waals surface area contributed by atoms with Gasteiger partial charge in [-0.25, -0.2) is 17.8 Å². The quantitative estimate of drug-likeness (QED) is 0.581. The van der Waals surface area contributed by atoms with Gasteiger partial charge in [0.1, 0.15) is 0 Å². The van der Waals surface area contributed by atoms with Gasteiger partial charge in [-0.1, -0.05) is 24.3 Å². The maximum atomic E-state index is 12.6. The van der Waals surface area contributed by atoms with Gasteiger partial charge in [-0.05, 0) is 55.7 Å². The lowest BCUT2D eigenvalue weighted by Gasteiger charge is -2.11. The second-order valence-corrected chi connectivity index (χ2v) is 9.18. The molecule has 1 amide bonds. The SMILES string of the molecule is Cc1ccc(S(=O)(=O)NC2CC2)cc1C(=O)NCCc1ccn(-c2ccccc2)n1. The molecule has 2 aromatic carbocycles. The van der Waals surface area contributed by atoms with Crippen LogP contribution in [-0.2, 0) is 16.4 Å². The predicted octanol–water partition coefficient (Wildman–Crippen LogP) is 2.59. The van der Waals surface area contributed by atoms with Gasteiger partial charge < -0.3 is 5.32 Å². The van der Waals surface area contributed by atoms with Crippen molar-refractivity contribution in [3.8, 4) is 5.69 Å². The predicted molar refractivity (Wildman–Crippen MR) is 114 cm³/mol. The van der Waals surface area contributed by atoms with E-state index in [1.165, 1.54) is 12.1 Å². The molecular weight excluding hydrogens is 400 g/mol. The molecule has 8 heteroatoms. The minimum atomic E-state index is -3.60. The van der Waals surface area contributed by atoms with E-state index >= 15 is 0 Å². The highest BCUT2D eigenvalue weighted by molar-refractivity contribution is 7.89. The van der Waals surface area contributed by atoms with Gasteiger partial charge >= 0.3 is 0 Å². The van der Waals surface area contributed by atoms with Crippen LogP contribution in [0, 0.1) is 6.92 Å². The van der Waals surface area contributed by atoms with Crippen LogP contribution in [0.15, 0.2) is 65.7 Å². The first-order valence-corrected chi connectivity index (χ1v) is 11.4. The number of carbonyl (C=O) groups excluding carboxylic acids is 1. The van der Waals surface area contributed by atoms with Gasteiger partial charge in [-0.2, -0.15) is 5.10 Å². The highest BCUT2D eigenvalue weighted by Crippen LogP contribution is 2.23. The number of nitrogens with zero attached hydrogens (tertiary/aromatic N) is 2. The Kier molecular flexibility index (Phi) is 5.69. The molecule has 1 heterocycles. The van der Waals surface area contributed by atoms with Gasteiger partial charge in [0.05, 0.1) is 16.3 Å². The monoisotopic (exact) mass is 424 g/mol. The molecule has 1 saturated carbocycles. The van der Waals surface area contributed by atoms with E-state index < -0.39 is 10.0 Å². The minimum Gasteiger partial charge on any atom is -0.352 e. The number of para-hydroxylation sites is 1. The zero-order valence-corrected chi connectivity index (χ0v) is 17.5. The number of aromatic nitrogens is 2. The van der Waals surface area contributed by atoms with Crippen LogP contribution in [0.25, 0.3) is 5.69 Å². The van der Waals surface area contributed by atoms with Crippen molar-refractivity contribution in [3.05, 3.63) is 77.6 Å². The van der Waals surface area contributed by atoms with Crippen molar-refractivity contribution in [2.24, 2.45) is 0 Å². The molecule has 0 unspecified atom stereocenters. The molecule has 0 bridgehead atoms. The third kappa shape index (κ3) is 4.77. The molecular formula is C22H24N4O3S. The van der Waals surface area contributed by atoms with E-state index in [9.17, 15) is 13.2 Å². The van der Waals surface area contributed by atoms with Gasteiger partial charge in [0, 0.05) is 30.8 Å². The Morgan fingerprint density at radius 2 is 1.90 bits per heavy atom. The molecule has 2 N–H and O–H groups in total. The van der Waals surface area contributed by atoms with E-state index in [1.807, 2.05) is 42.6 Å². The maximum absolute atomic E-state index is 12.6. The molecule has 0 radical (unpaired) electrons. The molecule has 0 saturated heterocycles. The van der Waals surface area contributed by atoms with Gasteiger partial charge in [0.25, 0.3) is 5.91 Å². The van der Waals surface area contributed by atoms with Gasteiger partial charge in [-0.3, -0.25) is 4.79 Å². The van der Waals surface area contributed by atoms with Crippen LogP contribution in [0.4, 0.5) is 0 Å². The zero-order valence-electron chi connectivity index (χ0n) is 16.7. The second kappa shape index (κ2) is 8.41. The summed E-state index contributed by atoms with van der Waals surface area (Å²) in [6, 6.07) is 16.4. The van der Waals surface area contributed by atoms with Crippen molar-refractivity contribution < 1.29 is 13.2 Å². The van der Waals surface area contributed by atoms with Gasteiger partial charge in [-0.15, -0.1) is 0 Å². The molecule has 1 fully saturated rings. The fourth-order valence-corrected chi connectivity index (χ4v) is 4.45. The van der Waals surface area contributed by atoms with E-state index in [1.54, 1.807) is 17.7 Å². The lowest BCUT2D eigenvalue weighted by atomic mass is 10.1. The highest BCUT2D eigenvalue weighted by Gasteiger charge is 2.28. The number of carbonyl (C=O) groups is 1. The van der Waals surface area contributed by atoms with Crippen LogP contribution in [-0.4, -0.2) is 36.7 Å². The van der Waals surface area contributed by atoms with Gasteiger partial charge in [0.2, 0.25) is 10.0 Å². The summed E-state index contributed by atoms with van der Waals surface area (Å²) >= 11 is 0. The largest absolute Gasteiger partial charge is 0.352 e. The first-order valence-electron chi connectivity index (χ1n) is 9.93. The fourth-order valence-electron chi connectivity index (χ4n) is 3.12. The number of nitrogens with one attached hydrogen (secondary N) is 2. The molecule has 1 aliphatic rings. The Balaban J connectivity index is 1.38. The summed E-state index contributed by atoms with van der Waals surface area (Å²) in [4.78, 5) is 12.8. The number of amides is 1. The Hall–Kier alpha value is -2.97. The third-order valence-corrected chi connectivity index (χ3v) is 6.51. The summed E-state index contributed by atoms with van der Waals surface area (Å²) in [6.45, 7) is 2.20. The lowest BCUT2D eigenvalue weighted by molar-refractivity contribution is 0.0953. The number of sulfonamides is 1. The highest BCUT2D eigenvalue weighted by atomic mass is 32.2. The normalized spacial score (nSPS) is 13.9. The topological polar surface area (TPSA) is 93.1 Å². The summed E-state index contributed by atoms with van der Waals surface area (Å²) < 4.78 is 29.3. The Morgan fingerprint density at radius 3 is 2.63 bits per heavy atom. The van der Waals surface area contributed by atoms with E-state index in [-0.39, 0.29) is 16.8 Å². The van der Waals surface area contributed by atoms with E-state index in [4.69, 9.17) is 0 Å². The molecule has 0 aliphatic heterocycles. The van der Waals surface area contributed by atoms with Crippen molar-refractivity contribution in [3.63, 3.8) is 0 Å². The number of hydrogen-bond donors (Lipinski definition) is 2. The molecule has 0 atom stereocenters. The standard InChI is InChI=1S/C22H24N4O3S/c1-16-7-10-20(30(28,29)25-18-8-9-18)15-21(16)22(27)23-13-11-17-12-14-26(24-17)19-5-3-2-4-6-19/h2-7,10,12,14-15,18,25H,8-9,11,13H2,1H3,(H,23,27). The lowest BCUT2D eigenvalue weighted by Crippen LogP contribution is -2.28. The summed E-state index contributed by atoms with van der Waals surface area (Å²) in [5.41, 5.74) is 2.93. The molecule has 30 heavy (non-hydrogen) atoms. The van der Waals surface area contributed by atoms with E-state index in [0.717, 1.165) is 29.8 Å². The molecule has 156 valence electrons. The first kappa shape index (κ1) is 20.3. The number of benzene rings is 2. The molecule has 3 aromatic rings. The average molecular weight is 425 g/mol. The maximum Gasteiger partial charge on any atom is 0.251 e. The third-order valence-electron chi connectivity index (χ3n) is 4.99. The smallest absolute Gasteiger partial charge is 0.251 e. The number of aryl methyl sites for hydroxylation is 1. The van der Waals surface area contributed by atoms with Crippen molar-refractivity contribution in [2.45, 2.75) is 37.1 Å². The summed E-state index contributed by atoms with van der Waals surface area (Å²) in [5, 5.41) is 7.39. The van der Waals surface area contributed by atoms with Crippen molar-refractivity contribution >= 4 is 15.9 Å². The Morgan fingerprint density at radius 1 is 1.13 bits per heavy atom. The number of hydrogen-bond acceptors (Lipinski definition) is 4. The Labute approximate surface area is 176 Å². The van der Waals surface area contributed by atoms with Crippen molar-refractivity contribution in [1.82, 2.24) is 19.8 Å². The molecule has 4 rings (SSSR count). The van der Waals surface area contributed by atoms with Crippen LogP contribution in [0.2, 0.25) is 0 Å². The first-order chi connectivity index (χ1) is 14.4. The summed E-state index contributed by atoms with van der Waals surface area (Å²) in [5.74, 6) is -0.293. The second-order valence-electron chi connectivity index (χ2n) is 7.47. The minimum absolute atomic E-state index is 0.0178. The van der Waals surface area contributed by atoms with Crippen LogP contribution in [0.5, 0.6) is 0 Å². The molecule has 7 nitrogen and oxygen atoms in total.